The number of carbonyl (C=O) groups excluding carboxylic acids is 2. The predicted molar refractivity (Wildman–Crippen MR) is 113 cm³/mol. The van der Waals surface area contributed by atoms with Crippen LogP contribution < -0.4 is 5.32 Å². The fraction of sp³-hybridized carbons (Fsp3) is 0.364. The molecule has 0 saturated heterocycles. The first-order valence-electron chi connectivity index (χ1n) is 9.16. The number of nitrogens with zero attached hydrogens (tertiary/aromatic N) is 1. The van der Waals surface area contributed by atoms with E-state index in [1.165, 1.54) is 4.90 Å². The van der Waals surface area contributed by atoms with Gasteiger partial charge in [0.05, 0.1) is 0 Å². The Kier molecular flexibility index (Phi) is 7.48. The summed E-state index contributed by atoms with van der Waals surface area (Å²) >= 11 is 1.69. The van der Waals surface area contributed by atoms with Gasteiger partial charge in [-0.2, -0.15) is 0 Å². The third kappa shape index (κ3) is 5.86. The van der Waals surface area contributed by atoms with Crippen molar-refractivity contribution in [1.29, 1.82) is 0 Å². The van der Waals surface area contributed by atoms with E-state index < -0.39 is 0 Å². The van der Waals surface area contributed by atoms with Gasteiger partial charge in [0.25, 0.3) is 5.91 Å². The Labute approximate surface area is 166 Å². The first kappa shape index (κ1) is 21.0. The van der Waals surface area contributed by atoms with Crippen molar-refractivity contribution in [3.8, 4) is 0 Å². The molecule has 0 aliphatic rings. The predicted octanol–water partition coefficient (Wildman–Crippen LogP) is 5.05. The van der Waals surface area contributed by atoms with Crippen molar-refractivity contribution in [2.75, 3.05) is 11.6 Å². The molecule has 0 atom stereocenters. The zero-order valence-corrected chi connectivity index (χ0v) is 17.5. The molecule has 2 amide bonds. The molecule has 4 nitrogen and oxygen atoms in total. The molecule has 144 valence electrons. The number of amides is 2. The van der Waals surface area contributed by atoms with Crippen LogP contribution in [0.3, 0.4) is 0 Å². The summed E-state index contributed by atoms with van der Waals surface area (Å²) in [6, 6.07) is 15.5. The standard InChI is InChI=1S/C22H28N2O2S/c1-15(2)21(25)23-19-10-7-9-18(13-19)22(26)24(16(3)4)14-17-8-6-11-20(12-17)27-5/h6-13,15-16H,14H2,1-5H3,(H,23,25). The number of anilines is 1. The third-order valence-electron chi connectivity index (χ3n) is 4.27. The Balaban J connectivity index is 2.22. The minimum absolute atomic E-state index is 0.0415. The molecule has 2 aromatic rings. The molecule has 0 spiro atoms. The average molecular weight is 385 g/mol. The normalized spacial score (nSPS) is 10.9. The maximum absolute atomic E-state index is 13.1. The van der Waals surface area contributed by atoms with E-state index in [1.54, 1.807) is 36.0 Å². The van der Waals surface area contributed by atoms with Crippen LogP contribution in [0.1, 0.15) is 43.6 Å². The summed E-state index contributed by atoms with van der Waals surface area (Å²) in [4.78, 5) is 28.1. The van der Waals surface area contributed by atoms with Crippen LogP contribution in [0.25, 0.3) is 0 Å². The summed E-state index contributed by atoms with van der Waals surface area (Å²) in [7, 11) is 0. The highest BCUT2D eigenvalue weighted by Gasteiger charge is 2.20. The molecule has 5 heteroatoms. The average Bonchev–Trinajstić information content (AvgIpc) is 2.65. The van der Waals surface area contributed by atoms with Crippen molar-refractivity contribution in [2.45, 2.75) is 45.2 Å². The molecule has 0 aliphatic heterocycles. The second-order valence-electron chi connectivity index (χ2n) is 7.10. The number of rotatable bonds is 7. The van der Waals surface area contributed by atoms with Crippen molar-refractivity contribution < 1.29 is 9.59 Å². The maximum atomic E-state index is 13.1. The molecule has 2 rings (SSSR count). The Morgan fingerprint density at radius 2 is 1.74 bits per heavy atom. The molecular formula is C22H28N2O2S. The molecule has 2 aromatic carbocycles. The van der Waals surface area contributed by atoms with Gasteiger partial charge in [0.1, 0.15) is 0 Å². The fourth-order valence-corrected chi connectivity index (χ4v) is 3.12. The minimum atomic E-state index is -0.111. The third-order valence-corrected chi connectivity index (χ3v) is 5.00. The SMILES string of the molecule is CSc1cccc(CN(C(=O)c2cccc(NC(=O)C(C)C)c2)C(C)C)c1. The van der Waals surface area contributed by atoms with E-state index in [4.69, 9.17) is 0 Å². The van der Waals surface area contributed by atoms with Crippen molar-refractivity contribution in [2.24, 2.45) is 5.92 Å². The number of hydrogen-bond donors (Lipinski definition) is 1. The first-order valence-corrected chi connectivity index (χ1v) is 10.4. The van der Waals surface area contributed by atoms with Gasteiger partial charge in [-0.1, -0.05) is 32.0 Å². The number of nitrogens with one attached hydrogen (secondary N) is 1. The zero-order valence-electron chi connectivity index (χ0n) is 16.7. The van der Waals surface area contributed by atoms with E-state index in [0.717, 1.165) is 5.56 Å². The highest BCUT2D eigenvalue weighted by molar-refractivity contribution is 7.98. The van der Waals surface area contributed by atoms with Crippen LogP contribution in [-0.4, -0.2) is 29.0 Å². The summed E-state index contributed by atoms with van der Waals surface area (Å²) in [5, 5.41) is 2.86. The molecule has 27 heavy (non-hydrogen) atoms. The van der Waals surface area contributed by atoms with Gasteiger partial charge in [-0.15, -0.1) is 11.8 Å². The Morgan fingerprint density at radius 1 is 1.04 bits per heavy atom. The van der Waals surface area contributed by atoms with Crippen LogP contribution in [0, 0.1) is 5.92 Å². The maximum Gasteiger partial charge on any atom is 0.254 e. The highest BCUT2D eigenvalue weighted by atomic mass is 32.2. The van der Waals surface area contributed by atoms with E-state index in [9.17, 15) is 9.59 Å². The van der Waals surface area contributed by atoms with Gasteiger partial charge >= 0.3 is 0 Å². The van der Waals surface area contributed by atoms with Crippen molar-refractivity contribution >= 4 is 29.3 Å². The van der Waals surface area contributed by atoms with E-state index >= 15 is 0 Å². The van der Waals surface area contributed by atoms with Gasteiger partial charge in [0.2, 0.25) is 5.91 Å². The van der Waals surface area contributed by atoms with Crippen LogP contribution in [0.4, 0.5) is 5.69 Å². The van der Waals surface area contributed by atoms with Crippen molar-refractivity contribution in [3.05, 3.63) is 59.7 Å². The fourth-order valence-electron chi connectivity index (χ4n) is 2.64. The van der Waals surface area contributed by atoms with Crippen LogP contribution >= 0.6 is 11.8 Å². The number of benzene rings is 2. The van der Waals surface area contributed by atoms with Crippen LogP contribution in [0.15, 0.2) is 53.4 Å². The van der Waals surface area contributed by atoms with Gasteiger partial charge in [-0.3, -0.25) is 9.59 Å². The summed E-state index contributed by atoms with van der Waals surface area (Å²) < 4.78 is 0. The summed E-state index contributed by atoms with van der Waals surface area (Å²) in [6.07, 6.45) is 2.04. The highest BCUT2D eigenvalue weighted by Crippen LogP contribution is 2.20. The molecule has 1 N–H and O–H groups in total. The van der Waals surface area contributed by atoms with E-state index in [-0.39, 0.29) is 23.8 Å². The largest absolute Gasteiger partial charge is 0.332 e. The van der Waals surface area contributed by atoms with Gasteiger partial charge in [-0.25, -0.2) is 0 Å². The second kappa shape index (κ2) is 9.60. The topological polar surface area (TPSA) is 49.4 Å². The van der Waals surface area contributed by atoms with Gasteiger partial charge in [0, 0.05) is 34.7 Å². The van der Waals surface area contributed by atoms with Crippen LogP contribution in [-0.2, 0) is 11.3 Å². The molecule has 0 unspecified atom stereocenters. The molecule has 0 aromatic heterocycles. The molecule has 0 fully saturated rings. The van der Waals surface area contributed by atoms with Crippen LogP contribution in [0.2, 0.25) is 0 Å². The number of thioether (sulfide) groups is 1. The molecule has 0 aliphatic carbocycles. The molecule has 0 bridgehead atoms. The second-order valence-corrected chi connectivity index (χ2v) is 7.98. The summed E-state index contributed by atoms with van der Waals surface area (Å²) in [5.74, 6) is -0.213. The van der Waals surface area contributed by atoms with Crippen molar-refractivity contribution in [1.82, 2.24) is 4.90 Å². The lowest BCUT2D eigenvalue weighted by Crippen LogP contribution is -2.36. The Hall–Kier alpha value is -2.27. The Bertz CT molecular complexity index is 802. The smallest absolute Gasteiger partial charge is 0.254 e. The summed E-state index contributed by atoms with van der Waals surface area (Å²) in [5.41, 5.74) is 2.33. The lowest BCUT2D eigenvalue weighted by Gasteiger charge is -2.27. The van der Waals surface area contributed by atoms with E-state index in [2.05, 4.69) is 17.4 Å². The molecule has 0 saturated carbocycles. The zero-order chi connectivity index (χ0) is 20.0. The number of carbonyl (C=O) groups is 2. The molecule has 0 radical (unpaired) electrons. The van der Waals surface area contributed by atoms with Gasteiger partial charge < -0.3 is 10.2 Å². The van der Waals surface area contributed by atoms with Crippen molar-refractivity contribution in [3.63, 3.8) is 0 Å². The van der Waals surface area contributed by atoms with Gasteiger partial charge in [0.15, 0.2) is 0 Å². The monoisotopic (exact) mass is 384 g/mol. The summed E-state index contributed by atoms with van der Waals surface area (Å²) in [6.45, 7) is 8.26. The van der Waals surface area contributed by atoms with Crippen LogP contribution in [0.5, 0.6) is 0 Å². The minimum Gasteiger partial charge on any atom is -0.332 e. The van der Waals surface area contributed by atoms with Gasteiger partial charge in [-0.05, 0) is 56.0 Å². The van der Waals surface area contributed by atoms with E-state index in [1.807, 2.05) is 51.0 Å². The Morgan fingerprint density at radius 3 is 2.37 bits per heavy atom. The van der Waals surface area contributed by atoms with E-state index in [0.29, 0.717) is 17.8 Å². The first-order chi connectivity index (χ1) is 12.8. The number of hydrogen-bond acceptors (Lipinski definition) is 3. The lowest BCUT2D eigenvalue weighted by atomic mass is 10.1. The molecular weight excluding hydrogens is 356 g/mol. The lowest BCUT2D eigenvalue weighted by molar-refractivity contribution is -0.118. The quantitative estimate of drug-likeness (QED) is 0.679. The molecule has 0 heterocycles.